The molecule has 0 spiro atoms. The summed E-state index contributed by atoms with van der Waals surface area (Å²) in [6.07, 6.45) is 1.91. The standard InChI is InChI=1S/C36H49ClN4O6SSi2/c1-48(43,44)36-39-34-32(41(36)24-45-18-20-49(2,3)4)22-31(37)33(38-34)28-12-8-26(9-13-28)27-10-14-29(15-11-27)35(42)40-17-16-30(23-40)47-25-46-19-21-50(5,6)7/h8-15,22,30H,16-21,23-25H2,1-7H3/t30-/m1/s1. The van der Waals surface area contributed by atoms with Crippen molar-refractivity contribution in [1.29, 1.82) is 0 Å². The smallest absolute Gasteiger partial charge is 0.253 e. The molecular formula is C36H49ClN4O6SSi2. The van der Waals surface area contributed by atoms with Crippen LogP contribution in [0.15, 0.2) is 59.8 Å². The number of benzene rings is 2. The number of pyridine rings is 1. The topological polar surface area (TPSA) is 113 Å². The lowest BCUT2D eigenvalue weighted by molar-refractivity contribution is -0.0815. The van der Waals surface area contributed by atoms with Crippen LogP contribution < -0.4 is 0 Å². The highest BCUT2D eigenvalue weighted by Crippen LogP contribution is 2.32. The molecular weight excluding hydrogens is 708 g/mol. The minimum absolute atomic E-state index is 0.00615. The van der Waals surface area contributed by atoms with Crippen LogP contribution in [0, 0.1) is 0 Å². The van der Waals surface area contributed by atoms with E-state index >= 15 is 0 Å². The van der Waals surface area contributed by atoms with Gasteiger partial charge in [0, 0.05) is 59.8 Å². The summed E-state index contributed by atoms with van der Waals surface area (Å²) in [5.41, 5.74) is 4.61. The number of fused-ring (bicyclic) bond motifs is 1. The molecule has 14 heteroatoms. The van der Waals surface area contributed by atoms with Crippen molar-refractivity contribution in [3.8, 4) is 22.4 Å². The SMILES string of the molecule is C[Si](C)(C)CCOCO[C@@H]1CCN(C(=O)c2ccc(-c3ccc(-c4nc5nc(S(C)(=O)=O)n(COCC[Si](C)(C)C)c5cc4Cl)cc3)cc2)C1. The van der Waals surface area contributed by atoms with E-state index in [2.05, 4.69) is 49.3 Å². The van der Waals surface area contributed by atoms with Crippen molar-refractivity contribution in [2.45, 2.75) is 75.8 Å². The second-order valence-corrected chi connectivity index (χ2v) is 29.0. The molecule has 5 rings (SSSR count). The number of amides is 1. The fourth-order valence-corrected chi connectivity index (χ4v) is 8.16. The Morgan fingerprint density at radius 2 is 1.46 bits per heavy atom. The van der Waals surface area contributed by atoms with Gasteiger partial charge in [-0.15, -0.1) is 0 Å². The van der Waals surface area contributed by atoms with Crippen LogP contribution in [0.4, 0.5) is 0 Å². The number of carbonyl (C=O) groups is 1. The second kappa shape index (κ2) is 15.8. The van der Waals surface area contributed by atoms with Gasteiger partial charge in [0.15, 0.2) is 5.65 Å². The first kappa shape index (κ1) is 38.3. The van der Waals surface area contributed by atoms with E-state index in [4.69, 9.17) is 25.8 Å². The van der Waals surface area contributed by atoms with Gasteiger partial charge in [-0.25, -0.2) is 13.4 Å². The molecule has 0 aliphatic carbocycles. The number of imidazole rings is 1. The largest absolute Gasteiger partial charge is 0.361 e. The van der Waals surface area contributed by atoms with Crippen LogP contribution in [0.25, 0.3) is 33.5 Å². The van der Waals surface area contributed by atoms with Gasteiger partial charge in [0.05, 0.1) is 22.3 Å². The van der Waals surface area contributed by atoms with Crippen LogP contribution in [0.2, 0.25) is 56.4 Å². The van der Waals surface area contributed by atoms with Gasteiger partial charge < -0.3 is 19.1 Å². The summed E-state index contributed by atoms with van der Waals surface area (Å²) in [6, 6.07) is 19.1. The van der Waals surface area contributed by atoms with Crippen LogP contribution in [-0.2, 0) is 30.8 Å². The Bertz CT molecular complexity index is 1910. The molecule has 1 atom stereocenters. The molecule has 2 aromatic heterocycles. The van der Waals surface area contributed by atoms with Crippen LogP contribution in [-0.4, -0.2) is 95.4 Å². The van der Waals surface area contributed by atoms with Gasteiger partial charge in [0.25, 0.3) is 5.91 Å². The number of hydrogen-bond donors (Lipinski definition) is 0. The highest BCUT2D eigenvalue weighted by molar-refractivity contribution is 7.90. The van der Waals surface area contributed by atoms with Crippen molar-refractivity contribution in [3.05, 3.63) is 65.2 Å². The average molecular weight is 758 g/mol. The fraction of sp³-hybridized carbons (Fsp3) is 0.472. The first-order valence-corrected chi connectivity index (χ1v) is 26.7. The van der Waals surface area contributed by atoms with Crippen molar-refractivity contribution in [2.75, 3.05) is 39.4 Å². The van der Waals surface area contributed by atoms with E-state index in [1.165, 1.54) is 4.57 Å². The molecule has 1 aliphatic heterocycles. The number of likely N-dealkylation sites (tertiary alicyclic amines) is 1. The van der Waals surface area contributed by atoms with Gasteiger partial charge in [-0.1, -0.05) is 87.3 Å². The first-order valence-electron chi connectivity index (χ1n) is 17.0. The fourth-order valence-electron chi connectivity index (χ4n) is 5.59. The van der Waals surface area contributed by atoms with Gasteiger partial charge in [-0.3, -0.25) is 9.36 Å². The number of rotatable bonds is 15. The number of carbonyl (C=O) groups excluding carboxylic acids is 1. The Hall–Kier alpha value is -2.92. The molecule has 10 nitrogen and oxygen atoms in total. The first-order chi connectivity index (χ1) is 23.5. The van der Waals surface area contributed by atoms with E-state index in [1.54, 1.807) is 6.07 Å². The summed E-state index contributed by atoms with van der Waals surface area (Å²) in [6.45, 7) is 16.5. The zero-order valence-corrected chi connectivity index (χ0v) is 33.7. The van der Waals surface area contributed by atoms with Crippen molar-refractivity contribution in [2.24, 2.45) is 0 Å². The molecule has 0 radical (unpaired) electrons. The predicted molar refractivity (Wildman–Crippen MR) is 205 cm³/mol. The summed E-state index contributed by atoms with van der Waals surface area (Å²) in [5, 5.41) is 0.273. The van der Waals surface area contributed by atoms with E-state index in [9.17, 15) is 13.2 Å². The molecule has 0 unspecified atom stereocenters. The van der Waals surface area contributed by atoms with Crippen molar-refractivity contribution in [1.82, 2.24) is 19.4 Å². The number of nitrogens with zero attached hydrogens (tertiary/aromatic N) is 4. The van der Waals surface area contributed by atoms with E-state index in [-0.39, 0.29) is 36.3 Å². The van der Waals surface area contributed by atoms with Gasteiger partial charge in [-0.2, -0.15) is 4.98 Å². The van der Waals surface area contributed by atoms with Gasteiger partial charge in [-0.05, 0) is 47.8 Å². The normalized spacial score (nSPS) is 15.7. The molecule has 4 aromatic rings. The minimum Gasteiger partial charge on any atom is -0.361 e. The zero-order valence-electron chi connectivity index (χ0n) is 30.2. The van der Waals surface area contributed by atoms with Crippen LogP contribution in [0.3, 0.4) is 0 Å². The third kappa shape index (κ3) is 10.1. The molecule has 1 aliphatic rings. The molecule has 1 saturated heterocycles. The van der Waals surface area contributed by atoms with Gasteiger partial charge in [0.1, 0.15) is 13.5 Å². The Balaban J connectivity index is 1.23. The lowest BCUT2D eigenvalue weighted by atomic mass is 10.0. The molecule has 2 aromatic carbocycles. The Labute approximate surface area is 303 Å². The molecule has 50 heavy (non-hydrogen) atoms. The maximum atomic E-state index is 13.2. The number of hydrogen-bond acceptors (Lipinski definition) is 8. The molecule has 3 heterocycles. The van der Waals surface area contributed by atoms with Crippen molar-refractivity contribution in [3.63, 3.8) is 0 Å². The molecule has 1 fully saturated rings. The lowest BCUT2D eigenvalue weighted by Gasteiger charge is -2.18. The third-order valence-corrected chi connectivity index (χ3v) is 13.3. The molecule has 0 N–H and O–H groups in total. The Kier molecular flexibility index (Phi) is 12.1. The summed E-state index contributed by atoms with van der Waals surface area (Å²) in [7, 11) is -6.09. The van der Waals surface area contributed by atoms with Crippen molar-refractivity contribution < 1.29 is 27.4 Å². The maximum absolute atomic E-state index is 13.2. The minimum atomic E-state index is -3.65. The summed E-state index contributed by atoms with van der Waals surface area (Å²) in [4.78, 5) is 24.1. The monoisotopic (exact) mass is 756 g/mol. The Morgan fingerprint density at radius 3 is 2.06 bits per heavy atom. The van der Waals surface area contributed by atoms with Gasteiger partial charge in [0.2, 0.25) is 15.0 Å². The molecule has 270 valence electrons. The van der Waals surface area contributed by atoms with Crippen LogP contribution in [0.1, 0.15) is 16.8 Å². The number of halogens is 1. The van der Waals surface area contributed by atoms with Crippen molar-refractivity contribution >= 4 is 54.7 Å². The molecule has 0 saturated carbocycles. The molecule has 0 bridgehead atoms. The Morgan fingerprint density at radius 1 is 0.880 bits per heavy atom. The highest BCUT2D eigenvalue weighted by atomic mass is 35.5. The highest BCUT2D eigenvalue weighted by Gasteiger charge is 2.28. The summed E-state index contributed by atoms with van der Waals surface area (Å²) < 4.78 is 44.2. The number of aromatic nitrogens is 3. The average Bonchev–Trinajstić information content (AvgIpc) is 3.66. The maximum Gasteiger partial charge on any atom is 0.253 e. The third-order valence-electron chi connectivity index (χ3n) is 8.65. The predicted octanol–water partition coefficient (Wildman–Crippen LogP) is 7.68. The zero-order chi connectivity index (χ0) is 36.3. The second-order valence-electron chi connectivity index (χ2n) is 15.4. The van der Waals surface area contributed by atoms with E-state index in [1.807, 2.05) is 53.4 Å². The van der Waals surface area contributed by atoms with Crippen LogP contribution >= 0.6 is 11.6 Å². The number of ether oxygens (including phenoxy) is 3. The van der Waals surface area contributed by atoms with E-state index in [0.717, 1.165) is 48.1 Å². The summed E-state index contributed by atoms with van der Waals surface area (Å²) >= 11 is 6.74. The number of sulfone groups is 1. The summed E-state index contributed by atoms with van der Waals surface area (Å²) in [5.74, 6) is -0.00615. The molecule has 1 amide bonds. The quantitative estimate of drug-likeness (QED) is 0.0690. The lowest BCUT2D eigenvalue weighted by Crippen LogP contribution is -2.30. The van der Waals surface area contributed by atoms with Crippen LogP contribution in [0.5, 0.6) is 0 Å². The van der Waals surface area contributed by atoms with Gasteiger partial charge >= 0.3 is 0 Å². The van der Waals surface area contributed by atoms with E-state index < -0.39 is 26.0 Å². The van der Waals surface area contributed by atoms with E-state index in [0.29, 0.717) is 41.5 Å².